The Hall–Kier alpha value is -0.0800. The van der Waals surface area contributed by atoms with Gasteiger partial charge in [0, 0.05) is 22.2 Å². The summed E-state index contributed by atoms with van der Waals surface area (Å²) in [7, 11) is 4.74. The van der Waals surface area contributed by atoms with Crippen molar-refractivity contribution < 1.29 is 0 Å². The highest BCUT2D eigenvalue weighted by Gasteiger charge is 2.53. The van der Waals surface area contributed by atoms with E-state index in [4.69, 9.17) is 0 Å². The molecule has 4 aliphatic rings. The highest BCUT2D eigenvalue weighted by atomic mass is 15.3. The molecule has 2 heterocycles. The summed E-state index contributed by atoms with van der Waals surface area (Å²) in [6.45, 7) is 19.9. The largest absolute Gasteiger partial charge is 0.296 e. The third-order valence-electron chi connectivity index (χ3n) is 12.2. The molecule has 2 aliphatic heterocycles. The van der Waals surface area contributed by atoms with Crippen LogP contribution in [0.5, 0.6) is 0 Å². The fourth-order valence-corrected chi connectivity index (χ4v) is 9.43. The van der Waals surface area contributed by atoms with Crippen LogP contribution in [0, 0.1) is 35.5 Å². The fraction of sp³-hybridized carbons (Fsp3) is 1.00. The van der Waals surface area contributed by atoms with E-state index in [1.165, 1.54) is 64.2 Å². The van der Waals surface area contributed by atoms with Crippen LogP contribution in [0.15, 0.2) is 0 Å². The van der Waals surface area contributed by atoms with Crippen LogP contribution in [0.1, 0.15) is 120 Å². The van der Waals surface area contributed by atoms with Crippen LogP contribution >= 0.6 is 0 Å². The van der Waals surface area contributed by atoms with E-state index in [-0.39, 0.29) is 0 Å². The minimum Gasteiger partial charge on any atom is -0.296 e. The maximum Gasteiger partial charge on any atom is 0.0186 e. The normalized spacial score (nSPS) is 44.1. The third-order valence-corrected chi connectivity index (χ3v) is 12.2. The second kappa shape index (κ2) is 8.25. The second-order valence-electron chi connectivity index (χ2n) is 15.0. The van der Waals surface area contributed by atoms with Crippen molar-refractivity contribution >= 4 is 0 Å². The summed E-state index contributed by atoms with van der Waals surface area (Å²) in [6.07, 6.45) is 14.8. The molecule has 0 N–H and O–H groups in total. The van der Waals surface area contributed by atoms with Crippen molar-refractivity contribution in [3.8, 4) is 0 Å². The summed E-state index contributed by atoms with van der Waals surface area (Å²) in [5.41, 5.74) is 1.43. The van der Waals surface area contributed by atoms with Gasteiger partial charge < -0.3 is 0 Å². The molecule has 32 heavy (non-hydrogen) atoms. The molecular weight excluding hydrogens is 388 g/mol. The molecule has 0 aromatic rings. The van der Waals surface area contributed by atoms with Gasteiger partial charge in [0.05, 0.1) is 0 Å². The molecule has 0 aromatic carbocycles. The van der Waals surface area contributed by atoms with E-state index in [9.17, 15) is 0 Å². The van der Waals surface area contributed by atoms with Gasteiger partial charge >= 0.3 is 0 Å². The first-order valence-electron chi connectivity index (χ1n) is 14.2. The van der Waals surface area contributed by atoms with Gasteiger partial charge in [-0.3, -0.25) is 9.80 Å². The molecule has 2 unspecified atom stereocenters. The van der Waals surface area contributed by atoms with Crippen molar-refractivity contribution in [3.63, 3.8) is 0 Å². The molecule has 2 aliphatic carbocycles. The smallest absolute Gasteiger partial charge is 0.0186 e. The predicted molar refractivity (Wildman–Crippen MR) is 139 cm³/mol. The van der Waals surface area contributed by atoms with Crippen molar-refractivity contribution in [2.75, 3.05) is 14.1 Å². The third kappa shape index (κ3) is 4.12. The second-order valence-corrected chi connectivity index (χ2v) is 15.0. The first-order valence-corrected chi connectivity index (χ1v) is 14.2. The summed E-state index contributed by atoms with van der Waals surface area (Å²) in [5.74, 6) is 5.72. The van der Waals surface area contributed by atoms with Crippen LogP contribution in [-0.4, -0.2) is 46.1 Å². The standard InChI is InChI=1S/C30H56N2/c1-27(2)19-25(29(5,6)31(27)9)23-15-11-21(12-16-23)22-13-17-24(18-14-22)26-20-28(3,4)32(10)30(26,7)8/h21-26H,11-20H2,1-10H3. The Balaban J connectivity index is 1.30. The zero-order valence-electron chi connectivity index (χ0n) is 23.4. The van der Waals surface area contributed by atoms with E-state index < -0.39 is 0 Å². The fourth-order valence-electron chi connectivity index (χ4n) is 9.43. The lowest BCUT2D eigenvalue weighted by Gasteiger charge is -2.45. The number of nitrogens with zero attached hydrogens (tertiary/aromatic N) is 2. The van der Waals surface area contributed by atoms with E-state index in [0.29, 0.717) is 22.2 Å². The van der Waals surface area contributed by atoms with Crippen LogP contribution in [0.4, 0.5) is 0 Å². The van der Waals surface area contributed by atoms with E-state index in [0.717, 1.165) is 35.5 Å². The van der Waals surface area contributed by atoms with Crippen LogP contribution in [-0.2, 0) is 0 Å². The lowest BCUT2D eigenvalue weighted by atomic mass is 9.63. The lowest BCUT2D eigenvalue weighted by Crippen LogP contribution is -2.48. The van der Waals surface area contributed by atoms with E-state index >= 15 is 0 Å². The summed E-state index contributed by atoms with van der Waals surface area (Å²) >= 11 is 0. The minimum atomic E-state index is 0.355. The first kappa shape index (κ1) is 25.0. The molecule has 0 spiro atoms. The zero-order valence-corrected chi connectivity index (χ0v) is 23.4. The van der Waals surface area contributed by atoms with Gasteiger partial charge in [0.25, 0.3) is 0 Å². The molecule has 0 bridgehead atoms. The summed E-state index contributed by atoms with van der Waals surface area (Å²) in [4.78, 5) is 5.36. The topological polar surface area (TPSA) is 6.48 Å². The number of likely N-dealkylation sites (tertiary alicyclic amines) is 2. The molecule has 2 saturated heterocycles. The van der Waals surface area contributed by atoms with Crippen molar-refractivity contribution in [1.29, 1.82) is 0 Å². The maximum absolute atomic E-state index is 2.68. The molecule has 0 radical (unpaired) electrons. The molecule has 4 fully saturated rings. The van der Waals surface area contributed by atoms with Crippen molar-refractivity contribution in [2.24, 2.45) is 35.5 Å². The Morgan fingerprint density at radius 3 is 0.906 bits per heavy atom. The van der Waals surface area contributed by atoms with Gasteiger partial charge in [-0.2, -0.15) is 0 Å². The Labute approximate surface area is 201 Å². The summed E-state index contributed by atoms with van der Waals surface area (Å²) in [5, 5.41) is 0. The average Bonchev–Trinajstić information content (AvgIpc) is 3.01. The zero-order chi connectivity index (χ0) is 23.7. The van der Waals surface area contributed by atoms with Crippen LogP contribution < -0.4 is 0 Å². The van der Waals surface area contributed by atoms with Gasteiger partial charge in [-0.05, 0) is 169 Å². The molecular formula is C30H56N2. The summed E-state index contributed by atoms with van der Waals surface area (Å²) in [6, 6.07) is 0. The monoisotopic (exact) mass is 444 g/mol. The predicted octanol–water partition coefficient (Wildman–Crippen LogP) is 7.62. The Morgan fingerprint density at radius 2 is 0.688 bits per heavy atom. The highest BCUT2D eigenvalue weighted by Crippen LogP contribution is 2.54. The molecule has 0 aromatic heterocycles. The highest BCUT2D eigenvalue weighted by molar-refractivity contribution is 5.08. The van der Waals surface area contributed by atoms with Crippen molar-refractivity contribution in [1.82, 2.24) is 9.80 Å². The van der Waals surface area contributed by atoms with Gasteiger partial charge in [0.15, 0.2) is 0 Å². The van der Waals surface area contributed by atoms with Gasteiger partial charge in [0.2, 0.25) is 0 Å². The first-order chi connectivity index (χ1) is 14.7. The Morgan fingerprint density at radius 1 is 0.438 bits per heavy atom. The number of hydrogen-bond acceptors (Lipinski definition) is 2. The van der Waals surface area contributed by atoms with Crippen LogP contribution in [0.25, 0.3) is 0 Å². The van der Waals surface area contributed by atoms with E-state index in [1.54, 1.807) is 0 Å². The molecule has 186 valence electrons. The van der Waals surface area contributed by atoms with Crippen molar-refractivity contribution in [3.05, 3.63) is 0 Å². The molecule has 2 heteroatoms. The maximum atomic E-state index is 2.68. The lowest BCUT2D eigenvalue weighted by molar-refractivity contribution is 0.0519. The SMILES string of the molecule is CN1C(C)(C)CC(C2CCC(C3CCC(C4CC(C)(C)N(C)C4(C)C)CC3)CC2)C1(C)C. The molecule has 0 amide bonds. The van der Waals surface area contributed by atoms with Gasteiger partial charge in [-0.1, -0.05) is 0 Å². The van der Waals surface area contributed by atoms with Crippen LogP contribution in [0.3, 0.4) is 0 Å². The number of hydrogen-bond donors (Lipinski definition) is 0. The molecule has 2 atom stereocenters. The van der Waals surface area contributed by atoms with Crippen molar-refractivity contribution in [2.45, 2.75) is 142 Å². The van der Waals surface area contributed by atoms with E-state index in [1.807, 2.05) is 0 Å². The molecule has 2 saturated carbocycles. The quantitative estimate of drug-likeness (QED) is 0.442. The van der Waals surface area contributed by atoms with Gasteiger partial charge in [-0.25, -0.2) is 0 Å². The Bertz CT molecular complexity index is 600. The average molecular weight is 445 g/mol. The van der Waals surface area contributed by atoms with E-state index in [2.05, 4.69) is 79.3 Å². The summed E-state index contributed by atoms with van der Waals surface area (Å²) < 4.78 is 0. The minimum absolute atomic E-state index is 0.355. The molecule has 4 rings (SSSR count). The van der Waals surface area contributed by atoms with Gasteiger partial charge in [0.1, 0.15) is 0 Å². The molecule has 2 nitrogen and oxygen atoms in total. The Kier molecular flexibility index (Phi) is 6.45. The van der Waals surface area contributed by atoms with Crippen LogP contribution in [0.2, 0.25) is 0 Å². The van der Waals surface area contributed by atoms with Gasteiger partial charge in [-0.15, -0.1) is 0 Å². The number of rotatable bonds is 3.